The van der Waals surface area contributed by atoms with Crippen LogP contribution in [0.3, 0.4) is 0 Å². The van der Waals surface area contributed by atoms with Crippen LogP contribution in [0.2, 0.25) is 0 Å². The second-order valence-corrected chi connectivity index (χ2v) is 7.29. The van der Waals surface area contributed by atoms with Crippen LogP contribution in [0.25, 0.3) is 0 Å². The highest BCUT2D eigenvalue weighted by Gasteiger charge is 2.36. The Hall–Kier alpha value is -2.44. The van der Waals surface area contributed by atoms with E-state index in [1.807, 2.05) is 6.92 Å². The van der Waals surface area contributed by atoms with Gasteiger partial charge in [-0.25, -0.2) is 4.39 Å². The molecule has 1 aliphatic heterocycles. The minimum atomic E-state index is -0.925. The molecule has 1 fully saturated rings. The van der Waals surface area contributed by atoms with Crippen molar-refractivity contribution < 1.29 is 23.9 Å². The molecule has 3 atom stereocenters. The van der Waals surface area contributed by atoms with E-state index < -0.39 is 29.7 Å². The van der Waals surface area contributed by atoms with Crippen molar-refractivity contribution in [1.29, 1.82) is 0 Å². The lowest BCUT2D eigenvalue weighted by molar-refractivity contribution is -0.147. The molecule has 2 rings (SSSR count). The van der Waals surface area contributed by atoms with Crippen molar-refractivity contribution in [2.45, 2.75) is 33.2 Å². The standard InChI is InChI=1S/C19H25FN2O4/c1-11(2)16(21-17(23)14-6-4-5-7-15(14)20)18(24)22-9-12(3)8-13(10-22)19(25)26/h4-7,11-13,16H,8-10H2,1-3H3,(H,21,23)(H,25,26). The summed E-state index contributed by atoms with van der Waals surface area (Å²) in [7, 11) is 0. The number of aliphatic carboxylic acids is 1. The fraction of sp³-hybridized carbons (Fsp3) is 0.526. The van der Waals surface area contributed by atoms with Gasteiger partial charge in [-0.15, -0.1) is 0 Å². The number of nitrogens with zero attached hydrogens (tertiary/aromatic N) is 1. The molecule has 1 aromatic rings. The molecule has 1 aromatic carbocycles. The largest absolute Gasteiger partial charge is 0.481 e. The van der Waals surface area contributed by atoms with E-state index in [1.165, 1.54) is 23.1 Å². The topological polar surface area (TPSA) is 86.7 Å². The van der Waals surface area contributed by atoms with E-state index in [4.69, 9.17) is 0 Å². The normalized spacial score (nSPS) is 21.3. The summed E-state index contributed by atoms with van der Waals surface area (Å²) in [6.45, 7) is 6.04. The first-order chi connectivity index (χ1) is 12.2. The Labute approximate surface area is 152 Å². The highest BCUT2D eigenvalue weighted by molar-refractivity contribution is 5.97. The van der Waals surface area contributed by atoms with E-state index >= 15 is 0 Å². The van der Waals surface area contributed by atoms with Gasteiger partial charge in [0.1, 0.15) is 11.9 Å². The number of likely N-dealkylation sites (tertiary alicyclic amines) is 1. The fourth-order valence-electron chi connectivity index (χ4n) is 3.29. The number of rotatable bonds is 5. The Kier molecular flexibility index (Phi) is 6.34. The van der Waals surface area contributed by atoms with E-state index in [1.54, 1.807) is 19.9 Å². The highest BCUT2D eigenvalue weighted by Crippen LogP contribution is 2.23. The Morgan fingerprint density at radius 2 is 1.88 bits per heavy atom. The van der Waals surface area contributed by atoms with Gasteiger partial charge in [-0.2, -0.15) is 0 Å². The summed E-state index contributed by atoms with van der Waals surface area (Å²) in [4.78, 5) is 38.1. The van der Waals surface area contributed by atoms with Crippen LogP contribution < -0.4 is 5.32 Å². The van der Waals surface area contributed by atoms with Gasteiger partial charge in [0.05, 0.1) is 11.5 Å². The van der Waals surface area contributed by atoms with E-state index in [2.05, 4.69) is 5.32 Å². The van der Waals surface area contributed by atoms with Gasteiger partial charge in [0, 0.05) is 13.1 Å². The van der Waals surface area contributed by atoms with Crippen LogP contribution in [0.5, 0.6) is 0 Å². The zero-order chi connectivity index (χ0) is 19.4. The number of carbonyl (C=O) groups excluding carboxylic acids is 2. The van der Waals surface area contributed by atoms with Crippen molar-refractivity contribution >= 4 is 17.8 Å². The number of piperidine rings is 1. The van der Waals surface area contributed by atoms with Gasteiger partial charge in [-0.05, 0) is 30.4 Å². The van der Waals surface area contributed by atoms with Crippen molar-refractivity contribution in [3.05, 3.63) is 35.6 Å². The molecule has 3 unspecified atom stereocenters. The molecular formula is C19H25FN2O4. The van der Waals surface area contributed by atoms with Crippen LogP contribution in [-0.2, 0) is 9.59 Å². The van der Waals surface area contributed by atoms with Crippen molar-refractivity contribution in [1.82, 2.24) is 10.2 Å². The molecule has 142 valence electrons. The van der Waals surface area contributed by atoms with Crippen molar-refractivity contribution in [2.24, 2.45) is 17.8 Å². The van der Waals surface area contributed by atoms with E-state index in [-0.39, 0.29) is 29.9 Å². The van der Waals surface area contributed by atoms with Crippen LogP contribution in [0.4, 0.5) is 4.39 Å². The third-order valence-electron chi connectivity index (χ3n) is 4.66. The Bertz CT molecular complexity index is 692. The summed E-state index contributed by atoms with van der Waals surface area (Å²) in [6.07, 6.45) is 0.521. The van der Waals surface area contributed by atoms with Gasteiger partial charge in [-0.3, -0.25) is 14.4 Å². The first kappa shape index (κ1) is 19.9. The van der Waals surface area contributed by atoms with Gasteiger partial charge < -0.3 is 15.3 Å². The number of benzene rings is 1. The molecule has 0 spiro atoms. The highest BCUT2D eigenvalue weighted by atomic mass is 19.1. The molecule has 0 saturated carbocycles. The lowest BCUT2D eigenvalue weighted by Gasteiger charge is -2.37. The maximum absolute atomic E-state index is 13.8. The molecule has 0 radical (unpaired) electrons. The Balaban J connectivity index is 2.16. The summed E-state index contributed by atoms with van der Waals surface area (Å²) in [5, 5.41) is 11.9. The lowest BCUT2D eigenvalue weighted by atomic mass is 9.89. The first-order valence-electron chi connectivity index (χ1n) is 8.77. The molecule has 1 heterocycles. The Morgan fingerprint density at radius 3 is 2.46 bits per heavy atom. The number of carbonyl (C=O) groups is 3. The van der Waals surface area contributed by atoms with E-state index in [9.17, 15) is 23.9 Å². The van der Waals surface area contributed by atoms with Gasteiger partial charge in [0.2, 0.25) is 5.91 Å². The molecular weight excluding hydrogens is 339 g/mol. The lowest BCUT2D eigenvalue weighted by Crippen LogP contribution is -2.55. The molecule has 2 amide bonds. The monoisotopic (exact) mass is 364 g/mol. The molecule has 0 aromatic heterocycles. The van der Waals surface area contributed by atoms with Gasteiger partial charge >= 0.3 is 5.97 Å². The van der Waals surface area contributed by atoms with Gasteiger partial charge in [0.15, 0.2) is 0 Å². The Morgan fingerprint density at radius 1 is 1.23 bits per heavy atom. The molecule has 1 aliphatic rings. The third-order valence-corrected chi connectivity index (χ3v) is 4.66. The number of amides is 2. The van der Waals surface area contributed by atoms with Crippen molar-refractivity contribution in [3.63, 3.8) is 0 Å². The maximum atomic E-state index is 13.8. The molecule has 26 heavy (non-hydrogen) atoms. The summed E-state index contributed by atoms with van der Waals surface area (Å²) >= 11 is 0. The maximum Gasteiger partial charge on any atom is 0.308 e. The summed E-state index contributed by atoms with van der Waals surface area (Å²) in [5.41, 5.74) is -0.124. The van der Waals surface area contributed by atoms with Crippen molar-refractivity contribution in [3.8, 4) is 0 Å². The van der Waals surface area contributed by atoms with Crippen molar-refractivity contribution in [2.75, 3.05) is 13.1 Å². The quantitative estimate of drug-likeness (QED) is 0.838. The van der Waals surface area contributed by atoms with Crippen LogP contribution in [0.15, 0.2) is 24.3 Å². The number of halogens is 1. The molecule has 7 heteroatoms. The molecule has 0 bridgehead atoms. The molecule has 6 nitrogen and oxygen atoms in total. The summed E-state index contributed by atoms with van der Waals surface area (Å²) < 4.78 is 13.8. The molecule has 0 aliphatic carbocycles. The van der Waals surface area contributed by atoms with Gasteiger partial charge in [0.25, 0.3) is 5.91 Å². The number of hydrogen-bond donors (Lipinski definition) is 2. The first-order valence-corrected chi connectivity index (χ1v) is 8.77. The predicted octanol–water partition coefficient (Wildman–Crippen LogP) is 2.15. The minimum absolute atomic E-state index is 0.0591. The average molecular weight is 364 g/mol. The van der Waals surface area contributed by atoms with E-state index in [0.29, 0.717) is 13.0 Å². The van der Waals surface area contributed by atoms with Crippen LogP contribution >= 0.6 is 0 Å². The number of carboxylic acid groups (broad SMARTS) is 1. The van der Waals surface area contributed by atoms with Crippen LogP contribution in [0, 0.1) is 23.6 Å². The average Bonchev–Trinajstić information content (AvgIpc) is 2.58. The number of nitrogens with one attached hydrogen (secondary N) is 1. The summed E-state index contributed by atoms with van der Waals surface area (Å²) in [6, 6.07) is 4.73. The zero-order valence-corrected chi connectivity index (χ0v) is 15.2. The van der Waals surface area contributed by atoms with Gasteiger partial charge in [-0.1, -0.05) is 32.9 Å². The van der Waals surface area contributed by atoms with E-state index in [0.717, 1.165) is 0 Å². The minimum Gasteiger partial charge on any atom is -0.481 e. The second kappa shape index (κ2) is 8.29. The third kappa shape index (κ3) is 4.59. The SMILES string of the molecule is CC1CC(C(=O)O)CN(C(=O)C(NC(=O)c2ccccc2F)C(C)C)C1. The zero-order valence-electron chi connectivity index (χ0n) is 15.2. The fourth-order valence-corrected chi connectivity index (χ4v) is 3.29. The number of hydrogen-bond acceptors (Lipinski definition) is 3. The smallest absolute Gasteiger partial charge is 0.308 e. The molecule has 1 saturated heterocycles. The second-order valence-electron chi connectivity index (χ2n) is 7.29. The molecule has 2 N–H and O–H groups in total. The number of carboxylic acids is 1. The summed E-state index contributed by atoms with van der Waals surface area (Å²) in [5.74, 6) is -3.35. The van der Waals surface area contributed by atoms with Crippen LogP contribution in [-0.4, -0.2) is 46.9 Å². The van der Waals surface area contributed by atoms with Crippen LogP contribution in [0.1, 0.15) is 37.6 Å². The predicted molar refractivity (Wildman–Crippen MR) is 94.0 cm³/mol.